The smallest absolute Gasteiger partial charge is 0.408 e. The molecule has 1 aromatic heterocycles. The number of benzene rings is 6. The number of methoxy groups -OCH3 is 1. The van der Waals surface area contributed by atoms with Crippen LogP contribution in [0.5, 0.6) is 5.75 Å². The van der Waals surface area contributed by atoms with Gasteiger partial charge in [-0.05, 0) is 45.5 Å². The highest BCUT2D eigenvalue weighted by molar-refractivity contribution is 6.01. The molecule has 7 rings (SSSR count). The van der Waals surface area contributed by atoms with E-state index in [1.807, 2.05) is 158 Å². The molecule has 10 nitrogen and oxygen atoms in total. The molecular formula is C50H46N4O6. The van der Waals surface area contributed by atoms with Crippen molar-refractivity contribution in [2.45, 2.75) is 37.8 Å². The first-order valence-electron chi connectivity index (χ1n) is 19.7. The van der Waals surface area contributed by atoms with E-state index >= 15 is 0 Å². The van der Waals surface area contributed by atoms with Crippen LogP contribution in [-0.2, 0) is 46.0 Å². The number of ketones is 1. The van der Waals surface area contributed by atoms with E-state index in [1.165, 1.54) is 13.4 Å². The van der Waals surface area contributed by atoms with Crippen LogP contribution in [0.4, 0.5) is 4.79 Å². The number of nitrogens with one attached hydrogen (secondary N) is 2. The second-order valence-corrected chi connectivity index (χ2v) is 14.3. The fourth-order valence-corrected chi connectivity index (χ4v) is 7.38. The van der Waals surface area contributed by atoms with E-state index < -0.39 is 23.6 Å². The number of nitrogens with zero attached hydrogens (tertiary/aromatic N) is 2. The maximum absolute atomic E-state index is 14.3. The van der Waals surface area contributed by atoms with Gasteiger partial charge in [-0.3, -0.25) is 14.5 Å². The molecule has 0 unspecified atom stereocenters. The summed E-state index contributed by atoms with van der Waals surface area (Å²) in [6, 6.07) is 53.6. The first kappa shape index (κ1) is 40.9. The lowest BCUT2D eigenvalue weighted by Crippen LogP contribution is -2.50. The molecule has 1 heterocycles. The van der Waals surface area contributed by atoms with Gasteiger partial charge < -0.3 is 24.5 Å². The summed E-state index contributed by atoms with van der Waals surface area (Å²) in [5.41, 5.74) is 5.39. The van der Waals surface area contributed by atoms with Crippen molar-refractivity contribution in [2.24, 2.45) is 0 Å². The number of H-pyrrole nitrogens is 1. The third-order valence-corrected chi connectivity index (χ3v) is 10.3. The van der Waals surface area contributed by atoms with Crippen LogP contribution < -0.4 is 10.1 Å². The predicted octanol–water partition coefficient (Wildman–Crippen LogP) is 8.68. The average molecular weight is 799 g/mol. The number of hydrogen-bond donors (Lipinski definition) is 2. The molecule has 2 N–H and O–H groups in total. The third kappa shape index (κ3) is 10.0. The number of carbonyl (C=O) groups excluding carboxylic acids is 3. The van der Waals surface area contributed by atoms with Gasteiger partial charge in [-0.15, -0.1) is 0 Å². The molecule has 0 aliphatic heterocycles. The normalized spacial score (nSPS) is 11.7. The molecular weight excluding hydrogens is 753 g/mol. The van der Waals surface area contributed by atoms with Crippen LogP contribution in [0.1, 0.15) is 49.4 Å². The Kier molecular flexibility index (Phi) is 13.6. The fraction of sp³-hybridized carbons (Fsp3) is 0.160. The Bertz CT molecular complexity index is 2370. The number of aromatic nitrogens is 2. The number of hydrogen-bond acceptors (Lipinski definition) is 8. The van der Waals surface area contributed by atoms with Gasteiger partial charge in [-0.2, -0.15) is 0 Å². The van der Waals surface area contributed by atoms with E-state index in [2.05, 4.69) is 20.2 Å². The Hall–Kier alpha value is -7.30. The lowest BCUT2D eigenvalue weighted by molar-refractivity contribution is -0.143. The quantitative estimate of drug-likeness (QED) is 0.0503. The summed E-state index contributed by atoms with van der Waals surface area (Å²) < 4.78 is 16.9. The van der Waals surface area contributed by atoms with Crippen molar-refractivity contribution in [3.63, 3.8) is 0 Å². The maximum Gasteiger partial charge on any atom is 0.408 e. The van der Waals surface area contributed by atoms with Crippen molar-refractivity contribution in [3.05, 3.63) is 227 Å². The van der Waals surface area contributed by atoms with Crippen LogP contribution in [0.2, 0.25) is 0 Å². The summed E-state index contributed by atoms with van der Waals surface area (Å²) in [6.45, 7) is 0.781. The van der Waals surface area contributed by atoms with E-state index in [0.29, 0.717) is 24.4 Å². The van der Waals surface area contributed by atoms with Crippen LogP contribution in [0, 0.1) is 0 Å². The SMILES string of the molecule is COC(=O)CN(Cc1ccc(OCc2ccccc2)cc1)C(c1ccccc1)(c1ccccc1)c1ccc(C(=O)[C@H](Cc2c[nH]cn2)NC(=O)OCc2ccccc2)cc1. The molecule has 0 saturated carbocycles. The fourth-order valence-electron chi connectivity index (χ4n) is 7.38. The Balaban J connectivity index is 1.23. The number of alkyl carbamates (subject to hydrolysis) is 1. The summed E-state index contributed by atoms with van der Waals surface area (Å²) in [5, 5.41) is 2.78. The van der Waals surface area contributed by atoms with E-state index in [-0.39, 0.29) is 25.4 Å². The summed E-state index contributed by atoms with van der Waals surface area (Å²) in [6.07, 6.45) is 2.65. The standard InChI is InChI=1S/C50H46N4O6/c1-58-47(55)33-54(32-37-22-28-45(29-23-37)59-34-38-14-6-2-7-15-38)50(41-18-10-4-11-19-41,42-20-12-5-13-21-42)43-26-24-40(25-27-43)48(56)46(30-44-31-51-36-52-44)53-49(57)60-35-39-16-8-3-9-17-39/h2-29,31,36,46H,30,32-35H2,1H3,(H,51,52)(H,53,57)/t46-/m0/s1. The number of imidazole rings is 1. The highest BCUT2D eigenvalue weighted by Gasteiger charge is 2.43. The Morgan fingerprint density at radius 1 is 0.667 bits per heavy atom. The summed E-state index contributed by atoms with van der Waals surface area (Å²) in [4.78, 5) is 50.1. The number of esters is 1. The molecule has 0 fully saturated rings. The third-order valence-electron chi connectivity index (χ3n) is 10.3. The number of ether oxygens (including phenoxy) is 3. The van der Waals surface area contributed by atoms with Crippen LogP contribution >= 0.6 is 0 Å². The van der Waals surface area contributed by atoms with Crippen LogP contribution in [0.15, 0.2) is 182 Å². The molecule has 0 saturated heterocycles. The molecule has 0 spiro atoms. The summed E-state index contributed by atoms with van der Waals surface area (Å²) >= 11 is 0. The highest BCUT2D eigenvalue weighted by atomic mass is 16.5. The largest absolute Gasteiger partial charge is 0.489 e. The van der Waals surface area contributed by atoms with Crippen molar-refractivity contribution in [3.8, 4) is 5.75 Å². The van der Waals surface area contributed by atoms with E-state index in [1.54, 1.807) is 18.3 Å². The molecule has 0 radical (unpaired) electrons. The summed E-state index contributed by atoms with van der Waals surface area (Å²) in [7, 11) is 1.39. The van der Waals surface area contributed by atoms with E-state index in [9.17, 15) is 14.4 Å². The minimum atomic E-state index is -1.05. The lowest BCUT2D eigenvalue weighted by Gasteiger charge is -2.45. The first-order valence-corrected chi connectivity index (χ1v) is 19.7. The molecule has 1 amide bonds. The maximum atomic E-state index is 14.3. The zero-order chi connectivity index (χ0) is 41.6. The Morgan fingerprint density at radius 2 is 1.22 bits per heavy atom. The van der Waals surface area contributed by atoms with Gasteiger partial charge in [-0.25, -0.2) is 9.78 Å². The number of carbonyl (C=O) groups is 3. The first-order chi connectivity index (χ1) is 29.4. The van der Waals surface area contributed by atoms with Gasteiger partial charge in [0.1, 0.15) is 25.0 Å². The van der Waals surface area contributed by atoms with Crippen LogP contribution in [0.25, 0.3) is 0 Å². The molecule has 0 aliphatic carbocycles. The summed E-state index contributed by atoms with van der Waals surface area (Å²) in [5.74, 6) is 0.00352. The van der Waals surface area contributed by atoms with Crippen molar-refractivity contribution in [1.29, 1.82) is 0 Å². The van der Waals surface area contributed by atoms with Gasteiger partial charge in [0.2, 0.25) is 0 Å². The number of aromatic amines is 1. The molecule has 6 aromatic carbocycles. The number of rotatable bonds is 18. The monoisotopic (exact) mass is 798 g/mol. The van der Waals surface area contributed by atoms with Gasteiger partial charge in [0, 0.05) is 24.7 Å². The van der Waals surface area contributed by atoms with Gasteiger partial charge in [0.25, 0.3) is 0 Å². The van der Waals surface area contributed by atoms with Gasteiger partial charge >= 0.3 is 12.1 Å². The van der Waals surface area contributed by atoms with Crippen LogP contribution in [0.3, 0.4) is 0 Å². The molecule has 0 aliphatic rings. The molecule has 10 heteroatoms. The zero-order valence-corrected chi connectivity index (χ0v) is 33.3. The van der Waals surface area contributed by atoms with Crippen molar-refractivity contribution < 1.29 is 28.6 Å². The Labute approximate surface area is 349 Å². The molecule has 0 bridgehead atoms. The van der Waals surface area contributed by atoms with Crippen LogP contribution in [-0.4, -0.2) is 52.4 Å². The van der Waals surface area contributed by atoms with E-state index in [0.717, 1.165) is 39.1 Å². The highest BCUT2D eigenvalue weighted by Crippen LogP contribution is 2.43. The number of amides is 1. The van der Waals surface area contributed by atoms with Gasteiger partial charge in [-0.1, -0.05) is 158 Å². The molecule has 60 heavy (non-hydrogen) atoms. The second-order valence-electron chi connectivity index (χ2n) is 14.3. The zero-order valence-electron chi connectivity index (χ0n) is 33.3. The molecule has 302 valence electrons. The van der Waals surface area contributed by atoms with E-state index in [4.69, 9.17) is 14.2 Å². The topological polar surface area (TPSA) is 123 Å². The van der Waals surface area contributed by atoms with Crippen molar-refractivity contribution in [2.75, 3.05) is 13.7 Å². The Morgan fingerprint density at radius 3 is 1.77 bits per heavy atom. The molecule has 7 aromatic rings. The minimum Gasteiger partial charge on any atom is -0.489 e. The van der Waals surface area contributed by atoms with Gasteiger partial charge in [0.05, 0.1) is 31.2 Å². The lowest BCUT2D eigenvalue weighted by atomic mass is 9.75. The van der Waals surface area contributed by atoms with Crippen molar-refractivity contribution >= 4 is 17.8 Å². The van der Waals surface area contributed by atoms with Crippen molar-refractivity contribution in [1.82, 2.24) is 20.2 Å². The minimum absolute atomic E-state index is 0.0556. The molecule has 1 atom stereocenters. The van der Waals surface area contributed by atoms with Gasteiger partial charge in [0.15, 0.2) is 5.78 Å². The average Bonchev–Trinajstić information content (AvgIpc) is 3.83. The second kappa shape index (κ2) is 19.9. The predicted molar refractivity (Wildman–Crippen MR) is 229 cm³/mol. The number of Topliss-reactive ketones (excluding diaryl/α,β-unsaturated/α-hetero) is 1.